The van der Waals surface area contributed by atoms with Crippen LogP contribution in [0.5, 0.6) is 0 Å². The lowest BCUT2D eigenvalue weighted by molar-refractivity contribution is -0.384. The zero-order valence-electron chi connectivity index (χ0n) is 14.1. The van der Waals surface area contributed by atoms with Gasteiger partial charge in [0.2, 0.25) is 11.1 Å². The highest BCUT2D eigenvalue weighted by molar-refractivity contribution is 9.10. The van der Waals surface area contributed by atoms with E-state index in [1.807, 2.05) is 31.2 Å². The normalized spacial score (nSPS) is 10.6. The first-order valence-corrected chi connectivity index (χ1v) is 9.56. The van der Waals surface area contributed by atoms with E-state index in [1.165, 1.54) is 30.0 Å². The Hall–Kier alpha value is -2.72. The van der Waals surface area contributed by atoms with Crippen molar-refractivity contribution in [3.63, 3.8) is 0 Å². The molecule has 0 saturated carbocycles. The number of benzene rings is 2. The summed E-state index contributed by atoms with van der Waals surface area (Å²) in [5.41, 5.74) is 2.44. The molecule has 0 saturated heterocycles. The Morgan fingerprint density at radius 2 is 2.15 bits per heavy atom. The van der Waals surface area contributed by atoms with Gasteiger partial charge in [0, 0.05) is 22.2 Å². The molecule has 27 heavy (non-hydrogen) atoms. The van der Waals surface area contributed by atoms with Gasteiger partial charge in [-0.3, -0.25) is 20.0 Å². The van der Waals surface area contributed by atoms with Crippen LogP contribution in [-0.2, 0) is 4.79 Å². The maximum atomic E-state index is 12.1. The molecule has 0 unspecified atom stereocenters. The van der Waals surface area contributed by atoms with Gasteiger partial charge in [-0.05, 0) is 35.0 Å². The minimum Gasteiger partial charge on any atom is -0.324 e. The van der Waals surface area contributed by atoms with E-state index in [2.05, 4.69) is 36.4 Å². The van der Waals surface area contributed by atoms with E-state index in [4.69, 9.17) is 0 Å². The Bertz CT molecular complexity index is 1010. The largest absolute Gasteiger partial charge is 0.324 e. The molecule has 0 fully saturated rings. The molecule has 2 N–H and O–H groups in total. The van der Waals surface area contributed by atoms with Gasteiger partial charge in [0.25, 0.3) is 5.69 Å². The van der Waals surface area contributed by atoms with Crippen LogP contribution in [-0.4, -0.2) is 31.8 Å². The van der Waals surface area contributed by atoms with Gasteiger partial charge in [0.1, 0.15) is 0 Å². The fourth-order valence-electron chi connectivity index (χ4n) is 2.27. The van der Waals surface area contributed by atoms with Crippen LogP contribution >= 0.6 is 27.7 Å². The van der Waals surface area contributed by atoms with Crippen LogP contribution in [0.2, 0.25) is 0 Å². The fourth-order valence-corrected chi connectivity index (χ4v) is 3.33. The molecule has 1 aromatic heterocycles. The predicted molar refractivity (Wildman–Crippen MR) is 107 cm³/mol. The lowest BCUT2D eigenvalue weighted by Gasteiger charge is -2.06. The van der Waals surface area contributed by atoms with Gasteiger partial charge in [0.15, 0.2) is 5.82 Å². The van der Waals surface area contributed by atoms with Crippen molar-refractivity contribution in [3.8, 4) is 11.4 Å². The number of hydrogen-bond acceptors (Lipinski definition) is 6. The molecule has 0 radical (unpaired) electrons. The highest BCUT2D eigenvalue weighted by Crippen LogP contribution is 2.27. The molecule has 0 bridgehead atoms. The van der Waals surface area contributed by atoms with E-state index in [9.17, 15) is 14.9 Å². The number of amides is 1. The van der Waals surface area contributed by atoms with E-state index < -0.39 is 4.92 Å². The number of carbonyl (C=O) groups excluding carboxylic acids is 1. The van der Waals surface area contributed by atoms with Crippen molar-refractivity contribution in [1.82, 2.24) is 15.2 Å². The first kappa shape index (κ1) is 19.1. The molecular weight excluding hydrogens is 434 g/mol. The summed E-state index contributed by atoms with van der Waals surface area (Å²) in [5, 5.41) is 20.9. The minimum atomic E-state index is -0.499. The van der Waals surface area contributed by atoms with Crippen molar-refractivity contribution in [2.45, 2.75) is 12.1 Å². The maximum Gasteiger partial charge on any atom is 0.270 e. The number of non-ortho nitro benzene ring substituents is 1. The van der Waals surface area contributed by atoms with Crippen LogP contribution in [0.15, 0.2) is 52.1 Å². The number of hydrogen-bond donors (Lipinski definition) is 2. The Morgan fingerprint density at radius 3 is 2.85 bits per heavy atom. The molecule has 0 spiro atoms. The van der Waals surface area contributed by atoms with Crippen molar-refractivity contribution >= 4 is 45.0 Å². The molecule has 8 nitrogen and oxygen atoms in total. The molecule has 10 heteroatoms. The van der Waals surface area contributed by atoms with Gasteiger partial charge in [-0.15, -0.1) is 5.10 Å². The summed E-state index contributed by atoms with van der Waals surface area (Å²) in [7, 11) is 0. The second-order valence-electron chi connectivity index (χ2n) is 5.59. The number of aromatic amines is 1. The Kier molecular flexibility index (Phi) is 5.87. The monoisotopic (exact) mass is 447 g/mol. The number of carbonyl (C=O) groups is 1. The molecule has 0 atom stereocenters. The quantitative estimate of drug-likeness (QED) is 0.332. The number of nitrogens with one attached hydrogen (secondary N) is 2. The van der Waals surface area contributed by atoms with E-state index >= 15 is 0 Å². The second kappa shape index (κ2) is 8.31. The summed E-state index contributed by atoms with van der Waals surface area (Å²) in [6, 6.07) is 12.0. The van der Waals surface area contributed by atoms with Crippen LogP contribution in [0.25, 0.3) is 11.4 Å². The molecule has 1 amide bonds. The number of anilines is 1. The van der Waals surface area contributed by atoms with E-state index in [1.54, 1.807) is 0 Å². The summed E-state index contributed by atoms with van der Waals surface area (Å²) in [5.74, 6) is 0.477. The topological polar surface area (TPSA) is 114 Å². The van der Waals surface area contributed by atoms with Gasteiger partial charge in [-0.1, -0.05) is 35.5 Å². The third-order valence-electron chi connectivity index (χ3n) is 3.53. The number of aromatic nitrogens is 3. The van der Waals surface area contributed by atoms with Crippen LogP contribution in [0.3, 0.4) is 0 Å². The average molecular weight is 448 g/mol. The first-order valence-electron chi connectivity index (χ1n) is 7.78. The number of halogens is 1. The standard InChI is InChI=1S/C17H14BrN5O3S/c1-10-3-2-4-11(7-10)16-20-17(22-21-16)27-9-15(24)19-14-6-5-12(23(25)26)8-13(14)18/h2-8H,9H2,1H3,(H,19,24)(H,20,21,22). The highest BCUT2D eigenvalue weighted by Gasteiger charge is 2.13. The predicted octanol–water partition coefficient (Wildman–Crippen LogP) is 4.18. The molecule has 0 aliphatic carbocycles. The molecule has 3 aromatic rings. The Labute approximate surface area is 167 Å². The van der Waals surface area contributed by atoms with Crippen molar-refractivity contribution in [1.29, 1.82) is 0 Å². The van der Waals surface area contributed by atoms with Crippen LogP contribution in [0.4, 0.5) is 11.4 Å². The molecular formula is C17H14BrN5O3S. The zero-order chi connectivity index (χ0) is 19.4. The summed E-state index contributed by atoms with van der Waals surface area (Å²) in [4.78, 5) is 26.8. The molecule has 2 aromatic carbocycles. The van der Waals surface area contributed by atoms with Crippen molar-refractivity contribution in [3.05, 3.63) is 62.6 Å². The number of H-pyrrole nitrogens is 1. The van der Waals surface area contributed by atoms with E-state index in [0.29, 0.717) is 21.1 Å². The lowest BCUT2D eigenvalue weighted by atomic mass is 10.1. The molecule has 0 aliphatic heterocycles. The number of aryl methyl sites for hydroxylation is 1. The Balaban J connectivity index is 1.59. The molecule has 138 valence electrons. The SMILES string of the molecule is Cc1cccc(-c2nc(SCC(=O)Nc3ccc([N+](=O)[O-])cc3Br)n[nH]2)c1. The molecule has 3 rings (SSSR count). The minimum absolute atomic E-state index is 0.0568. The number of nitrogens with zero attached hydrogens (tertiary/aromatic N) is 3. The summed E-state index contributed by atoms with van der Waals surface area (Å²) in [6.45, 7) is 2.00. The van der Waals surface area contributed by atoms with Crippen molar-refractivity contribution < 1.29 is 9.72 Å². The van der Waals surface area contributed by atoms with E-state index in [-0.39, 0.29) is 17.3 Å². The average Bonchev–Trinajstić information content (AvgIpc) is 3.10. The van der Waals surface area contributed by atoms with Crippen LogP contribution in [0, 0.1) is 17.0 Å². The number of thioether (sulfide) groups is 1. The van der Waals surface area contributed by atoms with Gasteiger partial charge >= 0.3 is 0 Å². The molecule has 1 heterocycles. The maximum absolute atomic E-state index is 12.1. The van der Waals surface area contributed by atoms with Gasteiger partial charge < -0.3 is 5.32 Å². The second-order valence-corrected chi connectivity index (χ2v) is 7.39. The summed E-state index contributed by atoms with van der Waals surface area (Å²) < 4.78 is 0.440. The highest BCUT2D eigenvalue weighted by atomic mass is 79.9. The van der Waals surface area contributed by atoms with Gasteiger partial charge in [-0.2, -0.15) is 0 Å². The third kappa shape index (κ3) is 4.92. The van der Waals surface area contributed by atoms with Gasteiger partial charge in [0.05, 0.1) is 16.4 Å². The van der Waals surface area contributed by atoms with Gasteiger partial charge in [-0.25, -0.2) is 4.98 Å². The summed E-state index contributed by atoms with van der Waals surface area (Å²) in [6.07, 6.45) is 0. The van der Waals surface area contributed by atoms with Crippen LogP contribution < -0.4 is 5.32 Å². The third-order valence-corrected chi connectivity index (χ3v) is 5.03. The van der Waals surface area contributed by atoms with Crippen molar-refractivity contribution in [2.24, 2.45) is 0 Å². The summed E-state index contributed by atoms with van der Waals surface area (Å²) >= 11 is 4.41. The lowest BCUT2D eigenvalue weighted by Crippen LogP contribution is -2.14. The van der Waals surface area contributed by atoms with Crippen molar-refractivity contribution in [2.75, 3.05) is 11.1 Å². The fraction of sp³-hybridized carbons (Fsp3) is 0.118. The smallest absolute Gasteiger partial charge is 0.270 e. The number of nitro groups is 1. The van der Waals surface area contributed by atoms with E-state index in [0.717, 1.165) is 11.1 Å². The number of nitro benzene ring substituents is 1. The number of rotatable bonds is 6. The Morgan fingerprint density at radius 1 is 1.33 bits per heavy atom. The van der Waals surface area contributed by atoms with Crippen LogP contribution in [0.1, 0.15) is 5.56 Å². The molecule has 0 aliphatic rings. The first-order chi connectivity index (χ1) is 12.9. The zero-order valence-corrected chi connectivity index (χ0v) is 16.5.